The van der Waals surface area contributed by atoms with Gasteiger partial charge >= 0.3 is 0 Å². The third-order valence-corrected chi connectivity index (χ3v) is 7.88. The fraction of sp³-hybridized carbons (Fsp3) is 0.280. The lowest BCUT2D eigenvalue weighted by Crippen LogP contribution is -2.20. The highest BCUT2D eigenvalue weighted by atomic mass is 35.5. The van der Waals surface area contributed by atoms with E-state index < -0.39 is 9.84 Å². The highest BCUT2D eigenvalue weighted by Crippen LogP contribution is 2.34. The highest BCUT2D eigenvalue weighted by Gasteiger charge is 2.25. The molecular formula is C25H27ClN2O3S. The monoisotopic (exact) mass is 470 g/mol. The molecule has 1 N–H and O–H groups in total. The van der Waals surface area contributed by atoms with Crippen molar-refractivity contribution in [2.45, 2.75) is 29.2 Å². The number of sulfone groups is 1. The van der Waals surface area contributed by atoms with Gasteiger partial charge in [0.25, 0.3) is 0 Å². The second-order valence-electron chi connectivity index (χ2n) is 8.09. The minimum atomic E-state index is -3.74. The Morgan fingerprint density at radius 1 is 1.00 bits per heavy atom. The van der Waals surface area contributed by atoms with E-state index >= 15 is 0 Å². The molecule has 0 atom stereocenters. The van der Waals surface area contributed by atoms with Gasteiger partial charge in [0, 0.05) is 30.3 Å². The van der Waals surface area contributed by atoms with Crippen LogP contribution in [0, 0.1) is 0 Å². The SMILES string of the molecule is COc1cc2c(cc1S(=O)(=O)c1cccc(CNc3ccc(Cl)cc3)c1)CCN(C)CC2. The van der Waals surface area contributed by atoms with Crippen LogP contribution in [0.1, 0.15) is 16.7 Å². The summed E-state index contributed by atoms with van der Waals surface area (Å²) >= 11 is 5.94. The molecule has 1 aliphatic heterocycles. The van der Waals surface area contributed by atoms with Gasteiger partial charge in [-0.15, -0.1) is 0 Å². The van der Waals surface area contributed by atoms with E-state index in [9.17, 15) is 8.42 Å². The number of halogens is 1. The lowest BCUT2D eigenvalue weighted by Gasteiger charge is -2.15. The largest absolute Gasteiger partial charge is 0.495 e. The lowest BCUT2D eigenvalue weighted by molar-refractivity contribution is 0.352. The van der Waals surface area contributed by atoms with E-state index in [4.69, 9.17) is 16.3 Å². The Kier molecular flexibility index (Phi) is 6.74. The predicted molar refractivity (Wildman–Crippen MR) is 129 cm³/mol. The van der Waals surface area contributed by atoms with Crippen LogP contribution in [0.5, 0.6) is 5.75 Å². The van der Waals surface area contributed by atoms with Crippen molar-refractivity contribution in [3.05, 3.63) is 82.4 Å². The summed E-state index contributed by atoms with van der Waals surface area (Å²) < 4.78 is 32.7. The number of fused-ring (bicyclic) bond motifs is 1. The van der Waals surface area contributed by atoms with Crippen molar-refractivity contribution < 1.29 is 13.2 Å². The van der Waals surface area contributed by atoms with Gasteiger partial charge in [0.1, 0.15) is 10.6 Å². The zero-order valence-electron chi connectivity index (χ0n) is 18.3. The summed E-state index contributed by atoms with van der Waals surface area (Å²) in [5.74, 6) is 0.401. The fourth-order valence-corrected chi connectivity index (χ4v) is 5.58. The molecule has 4 rings (SSSR count). The smallest absolute Gasteiger partial charge is 0.210 e. The van der Waals surface area contributed by atoms with Crippen LogP contribution >= 0.6 is 11.6 Å². The summed E-state index contributed by atoms with van der Waals surface area (Å²) in [5, 5.41) is 3.97. The van der Waals surface area contributed by atoms with Gasteiger partial charge < -0.3 is 15.0 Å². The summed E-state index contributed by atoms with van der Waals surface area (Å²) in [4.78, 5) is 2.75. The number of nitrogens with zero attached hydrogens (tertiary/aromatic N) is 1. The highest BCUT2D eigenvalue weighted by molar-refractivity contribution is 7.91. The number of nitrogens with one attached hydrogen (secondary N) is 1. The molecule has 3 aromatic rings. The molecule has 0 amide bonds. The normalized spacial score (nSPS) is 14.5. The number of hydrogen-bond acceptors (Lipinski definition) is 5. The van der Waals surface area contributed by atoms with Gasteiger partial charge in [0.15, 0.2) is 0 Å². The third kappa shape index (κ3) is 4.93. The van der Waals surface area contributed by atoms with Gasteiger partial charge in [-0.2, -0.15) is 0 Å². The molecule has 0 radical (unpaired) electrons. The lowest BCUT2D eigenvalue weighted by atomic mass is 10.0. The Labute approximate surface area is 194 Å². The molecule has 0 bridgehead atoms. The summed E-state index contributed by atoms with van der Waals surface area (Å²) in [7, 11) is -0.124. The predicted octanol–water partition coefficient (Wildman–Crippen LogP) is 4.82. The van der Waals surface area contributed by atoms with Crippen molar-refractivity contribution in [1.82, 2.24) is 4.90 Å². The standard InChI is InChI=1S/C25H27ClN2O3S/c1-28-12-10-19-15-24(31-2)25(16-20(19)11-13-28)32(29,30)23-5-3-4-18(14-23)17-27-22-8-6-21(26)7-9-22/h3-9,14-16,27H,10-13,17H2,1-2H3. The van der Waals surface area contributed by atoms with Crippen molar-refractivity contribution in [2.24, 2.45) is 0 Å². The zero-order valence-corrected chi connectivity index (χ0v) is 19.8. The van der Waals surface area contributed by atoms with Crippen LogP contribution in [0.4, 0.5) is 5.69 Å². The van der Waals surface area contributed by atoms with Crippen molar-refractivity contribution in [3.63, 3.8) is 0 Å². The number of benzene rings is 3. The molecule has 7 heteroatoms. The molecule has 0 fully saturated rings. The number of likely N-dealkylation sites (N-methyl/N-ethyl adjacent to an activating group) is 1. The molecule has 0 saturated carbocycles. The summed E-state index contributed by atoms with van der Waals surface area (Å²) in [6.07, 6.45) is 1.71. The van der Waals surface area contributed by atoms with Crippen molar-refractivity contribution >= 4 is 27.1 Å². The van der Waals surface area contributed by atoms with Crippen LogP contribution in [-0.2, 0) is 29.2 Å². The maximum Gasteiger partial charge on any atom is 0.210 e. The fourth-order valence-electron chi connectivity index (χ4n) is 3.93. The van der Waals surface area contributed by atoms with Crippen molar-refractivity contribution in [3.8, 4) is 5.75 Å². The van der Waals surface area contributed by atoms with E-state index in [0.717, 1.165) is 48.3 Å². The molecule has 0 unspecified atom stereocenters. The van der Waals surface area contributed by atoms with Crippen molar-refractivity contribution in [1.29, 1.82) is 0 Å². The second-order valence-corrected chi connectivity index (χ2v) is 10.4. The molecule has 0 aliphatic carbocycles. The Balaban J connectivity index is 1.63. The molecule has 1 aliphatic rings. The number of hydrogen-bond donors (Lipinski definition) is 1. The minimum absolute atomic E-state index is 0.228. The van der Waals surface area contributed by atoms with Gasteiger partial charge in [-0.3, -0.25) is 0 Å². The maximum absolute atomic E-state index is 13.6. The third-order valence-electron chi connectivity index (χ3n) is 5.85. The van der Waals surface area contributed by atoms with E-state index in [1.807, 2.05) is 36.4 Å². The van der Waals surface area contributed by atoms with Crippen LogP contribution in [0.15, 0.2) is 70.5 Å². The number of methoxy groups -OCH3 is 1. The Morgan fingerprint density at radius 2 is 1.69 bits per heavy atom. The Bertz CT molecular complexity index is 1210. The molecular weight excluding hydrogens is 444 g/mol. The molecule has 5 nitrogen and oxygen atoms in total. The van der Waals surface area contributed by atoms with Crippen LogP contribution in [0.2, 0.25) is 5.02 Å². The first-order valence-electron chi connectivity index (χ1n) is 10.6. The first-order valence-corrected chi connectivity index (χ1v) is 12.4. The van der Waals surface area contributed by atoms with Crippen LogP contribution in [0.25, 0.3) is 0 Å². The molecule has 0 saturated heterocycles. The second kappa shape index (κ2) is 9.53. The zero-order chi connectivity index (χ0) is 22.7. The Morgan fingerprint density at radius 3 is 2.38 bits per heavy atom. The topological polar surface area (TPSA) is 58.6 Å². The van der Waals surface area contributed by atoms with E-state index in [1.165, 1.54) is 7.11 Å². The van der Waals surface area contributed by atoms with Crippen LogP contribution in [-0.4, -0.2) is 40.6 Å². The molecule has 3 aromatic carbocycles. The summed E-state index contributed by atoms with van der Waals surface area (Å²) in [5.41, 5.74) is 4.02. The number of anilines is 1. The van der Waals surface area contributed by atoms with E-state index in [-0.39, 0.29) is 9.79 Å². The molecule has 1 heterocycles. The van der Waals surface area contributed by atoms with Crippen LogP contribution in [0.3, 0.4) is 0 Å². The maximum atomic E-state index is 13.6. The van der Waals surface area contributed by atoms with Gasteiger partial charge in [-0.25, -0.2) is 8.42 Å². The van der Waals surface area contributed by atoms with Gasteiger partial charge in [0.05, 0.1) is 12.0 Å². The van der Waals surface area contributed by atoms with E-state index in [2.05, 4.69) is 17.3 Å². The van der Waals surface area contributed by atoms with E-state index in [0.29, 0.717) is 17.3 Å². The summed E-state index contributed by atoms with van der Waals surface area (Å²) in [6, 6.07) is 18.1. The quantitative estimate of drug-likeness (QED) is 0.559. The van der Waals surface area contributed by atoms with Gasteiger partial charge in [-0.1, -0.05) is 23.7 Å². The molecule has 168 valence electrons. The number of ether oxygens (including phenoxy) is 1. The van der Waals surface area contributed by atoms with Crippen LogP contribution < -0.4 is 10.1 Å². The van der Waals surface area contributed by atoms with Gasteiger partial charge in [-0.05, 0) is 85.1 Å². The van der Waals surface area contributed by atoms with Crippen molar-refractivity contribution in [2.75, 3.05) is 32.6 Å². The first kappa shape index (κ1) is 22.6. The average molecular weight is 471 g/mol. The Hall–Kier alpha value is -2.54. The summed E-state index contributed by atoms with van der Waals surface area (Å²) in [6.45, 7) is 2.36. The first-order chi connectivity index (χ1) is 15.4. The molecule has 32 heavy (non-hydrogen) atoms. The average Bonchev–Trinajstić information content (AvgIpc) is 2.99. The number of rotatable bonds is 6. The van der Waals surface area contributed by atoms with E-state index in [1.54, 1.807) is 24.3 Å². The molecule has 0 spiro atoms. The van der Waals surface area contributed by atoms with Gasteiger partial charge in [0.2, 0.25) is 9.84 Å². The molecule has 0 aromatic heterocycles. The minimum Gasteiger partial charge on any atom is -0.495 e.